The molecule has 0 N–H and O–H groups in total. The van der Waals surface area contributed by atoms with Gasteiger partial charge in [-0.2, -0.15) is 0 Å². The van der Waals surface area contributed by atoms with E-state index in [0.717, 1.165) is 0 Å². The Kier molecular flexibility index (Phi) is 2.65. The molecule has 0 saturated heterocycles. The SMILES string of the molecule is C[C@@H]1CC(F)C[C@H](C)C1[N+](=O)[O-]. The lowest BCUT2D eigenvalue weighted by Crippen LogP contribution is -2.40. The van der Waals surface area contributed by atoms with Gasteiger partial charge < -0.3 is 0 Å². The second-order valence-electron chi connectivity index (χ2n) is 3.80. The molecule has 0 aliphatic heterocycles. The highest BCUT2D eigenvalue weighted by atomic mass is 19.1. The zero-order valence-electron chi connectivity index (χ0n) is 7.37. The molecular weight excluding hydrogens is 161 g/mol. The Morgan fingerprint density at radius 2 is 1.75 bits per heavy atom. The molecule has 0 radical (unpaired) electrons. The van der Waals surface area contributed by atoms with E-state index in [0.29, 0.717) is 12.8 Å². The van der Waals surface area contributed by atoms with Gasteiger partial charge in [0.25, 0.3) is 0 Å². The summed E-state index contributed by atoms with van der Waals surface area (Å²) in [6.07, 6.45) is -0.155. The third kappa shape index (κ3) is 1.73. The van der Waals surface area contributed by atoms with Crippen molar-refractivity contribution in [3.05, 3.63) is 10.1 Å². The van der Waals surface area contributed by atoms with Crippen LogP contribution >= 0.6 is 0 Å². The van der Waals surface area contributed by atoms with Gasteiger partial charge in [0, 0.05) is 16.8 Å². The highest BCUT2D eigenvalue weighted by Crippen LogP contribution is 2.32. The van der Waals surface area contributed by atoms with Crippen LogP contribution in [-0.4, -0.2) is 17.1 Å². The minimum atomic E-state index is -0.841. The van der Waals surface area contributed by atoms with Crippen LogP contribution in [0.5, 0.6) is 0 Å². The molecule has 70 valence electrons. The molecule has 2 unspecified atom stereocenters. The number of nitrogens with zero attached hydrogens (tertiary/aromatic N) is 1. The van der Waals surface area contributed by atoms with Crippen LogP contribution in [0.2, 0.25) is 0 Å². The monoisotopic (exact) mass is 175 g/mol. The molecule has 1 aliphatic rings. The van der Waals surface area contributed by atoms with Crippen LogP contribution in [0.15, 0.2) is 0 Å². The molecular formula is C8H14FNO2. The number of halogens is 1. The van der Waals surface area contributed by atoms with Crippen molar-refractivity contribution >= 4 is 0 Å². The maximum Gasteiger partial charge on any atom is 0.218 e. The highest BCUT2D eigenvalue weighted by molar-refractivity contribution is 4.82. The van der Waals surface area contributed by atoms with Crippen LogP contribution in [0.4, 0.5) is 4.39 Å². The topological polar surface area (TPSA) is 43.1 Å². The van der Waals surface area contributed by atoms with Gasteiger partial charge >= 0.3 is 0 Å². The maximum absolute atomic E-state index is 12.9. The molecule has 0 amide bonds. The smallest absolute Gasteiger partial charge is 0.218 e. The lowest BCUT2D eigenvalue weighted by atomic mass is 9.78. The Hall–Kier alpha value is -0.670. The van der Waals surface area contributed by atoms with E-state index in [9.17, 15) is 14.5 Å². The molecule has 3 nitrogen and oxygen atoms in total. The van der Waals surface area contributed by atoms with Crippen LogP contribution in [0.25, 0.3) is 0 Å². The molecule has 1 rings (SSSR count). The predicted molar refractivity (Wildman–Crippen MR) is 43.2 cm³/mol. The second-order valence-corrected chi connectivity index (χ2v) is 3.80. The lowest BCUT2D eigenvalue weighted by Gasteiger charge is -2.29. The van der Waals surface area contributed by atoms with Gasteiger partial charge in [-0.15, -0.1) is 0 Å². The quantitative estimate of drug-likeness (QED) is 0.452. The molecule has 0 heterocycles. The zero-order valence-corrected chi connectivity index (χ0v) is 7.37. The fraction of sp³-hybridized carbons (Fsp3) is 1.00. The number of nitro groups is 1. The van der Waals surface area contributed by atoms with Gasteiger partial charge in [-0.25, -0.2) is 4.39 Å². The predicted octanol–water partition coefficient (Wildman–Crippen LogP) is 2.04. The fourth-order valence-electron chi connectivity index (χ4n) is 2.16. The van der Waals surface area contributed by atoms with Crippen molar-refractivity contribution in [1.29, 1.82) is 0 Å². The third-order valence-corrected chi connectivity index (χ3v) is 2.66. The summed E-state index contributed by atoms with van der Waals surface area (Å²) in [5.74, 6) is -0.252. The van der Waals surface area contributed by atoms with Gasteiger partial charge in [0.1, 0.15) is 6.17 Å². The molecule has 0 aromatic rings. The van der Waals surface area contributed by atoms with Crippen LogP contribution in [0.3, 0.4) is 0 Å². The number of hydrogen-bond donors (Lipinski definition) is 0. The van der Waals surface area contributed by atoms with Crippen molar-refractivity contribution in [2.75, 3.05) is 0 Å². The van der Waals surface area contributed by atoms with Crippen molar-refractivity contribution in [3.8, 4) is 0 Å². The summed E-state index contributed by atoms with van der Waals surface area (Å²) in [5, 5.41) is 10.6. The Morgan fingerprint density at radius 3 is 2.08 bits per heavy atom. The van der Waals surface area contributed by atoms with Gasteiger partial charge in [-0.05, 0) is 12.8 Å². The molecule has 1 saturated carbocycles. The van der Waals surface area contributed by atoms with E-state index in [1.165, 1.54) is 0 Å². The van der Waals surface area contributed by atoms with E-state index in [4.69, 9.17) is 0 Å². The molecule has 4 heteroatoms. The van der Waals surface area contributed by atoms with Crippen molar-refractivity contribution in [1.82, 2.24) is 0 Å². The molecule has 1 aliphatic carbocycles. The summed E-state index contributed by atoms with van der Waals surface area (Å²) in [5.41, 5.74) is 0. The summed E-state index contributed by atoms with van der Waals surface area (Å²) in [6.45, 7) is 3.52. The Labute approximate surface area is 71.1 Å². The van der Waals surface area contributed by atoms with Crippen LogP contribution < -0.4 is 0 Å². The molecule has 0 aromatic carbocycles. The highest BCUT2D eigenvalue weighted by Gasteiger charge is 2.40. The van der Waals surface area contributed by atoms with Gasteiger partial charge in [0.15, 0.2) is 0 Å². The number of rotatable bonds is 1. The lowest BCUT2D eigenvalue weighted by molar-refractivity contribution is -0.544. The van der Waals surface area contributed by atoms with E-state index in [-0.39, 0.29) is 16.8 Å². The van der Waals surface area contributed by atoms with Crippen LogP contribution in [0.1, 0.15) is 26.7 Å². The Morgan fingerprint density at radius 1 is 1.33 bits per heavy atom. The minimum Gasteiger partial charge on any atom is -0.264 e. The average molecular weight is 175 g/mol. The van der Waals surface area contributed by atoms with Crippen molar-refractivity contribution < 1.29 is 9.31 Å². The summed E-state index contributed by atoms with van der Waals surface area (Å²) < 4.78 is 12.9. The molecule has 0 spiro atoms. The first-order valence-electron chi connectivity index (χ1n) is 4.30. The van der Waals surface area contributed by atoms with Crippen molar-refractivity contribution in [2.45, 2.75) is 38.9 Å². The number of alkyl halides is 1. The molecule has 0 aromatic heterocycles. The largest absolute Gasteiger partial charge is 0.264 e. The summed E-state index contributed by atoms with van der Waals surface area (Å²) in [7, 11) is 0. The molecule has 12 heavy (non-hydrogen) atoms. The third-order valence-electron chi connectivity index (χ3n) is 2.66. The molecule has 4 atom stereocenters. The average Bonchev–Trinajstić information content (AvgIpc) is 1.82. The van der Waals surface area contributed by atoms with E-state index >= 15 is 0 Å². The first-order valence-corrected chi connectivity index (χ1v) is 4.30. The van der Waals surface area contributed by atoms with Gasteiger partial charge in [0.2, 0.25) is 6.04 Å². The fourth-order valence-corrected chi connectivity index (χ4v) is 2.16. The van der Waals surface area contributed by atoms with Gasteiger partial charge in [-0.1, -0.05) is 13.8 Å². The number of hydrogen-bond acceptors (Lipinski definition) is 2. The van der Waals surface area contributed by atoms with E-state index in [1.807, 2.05) is 0 Å². The Balaban J connectivity index is 2.66. The minimum absolute atomic E-state index is 0.126. The first-order chi connectivity index (χ1) is 5.52. The van der Waals surface area contributed by atoms with E-state index < -0.39 is 12.2 Å². The summed E-state index contributed by atoms with van der Waals surface area (Å²) in [4.78, 5) is 10.3. The van der Waals surface area contributed by atoms with E-state index in [2.05, 4.69) is 0 Å². The molecule has 1 fully saturated rings. The van der Waals surface area contributed by atoms with E-state index in [1.54, 1.807) is 13.8 Å². The maximum atomic E-state index is 12.9. The zero-order chi connectivity index (χ0) is 9.30. The van der Waals surface area contributed by atoms with Gasteiger partial charge in [-0.3, -0.25) is 10.1 Å². The second kappa shape index (κ2) is 3.37. The van der Waals surface area contributed by atoms with Crippen molar-refractivity contribution in [2.24, 2.45) is 11.8 Å². The summed E-state index contributed by atoms with van der Waals surface area (Å²) >= 11 is 0. The van der Waals surface area contributed by atoms with Gasteiger partial charge in [0.05, 0.1) is 0 Å². The van der Waals surface area contributed by atoms with Crippen molar-refractivity contribution in [3.63, 3.8) is 0 Å². The Bertz CT molecular complexity index is 174. The van der Waals surface area contributed by atoms with Crippen LogP contribution in [0, 0.1) is 22.0 Å². The van der Waals surface area contributed by atoms with Crippen LogP contribution in [-0.2, 0) is 0 Å². The molecule has 0 bridgehead atoms. The standard InChI is InChI=1S/C8H14FNO2/c1-5-3-7(9)4-6(2)8(5)10(11)12/h5-8H,3-4H2,1-2H3/t5-,6+,7?,8?. The summed E-state index contributed by atoms with van der Waals surface area (Å²) in [6, 6.07) is -0.544. The first kappa shape index (κ1) is 9.42. The normalized spacial score (nSPS) is 42.6.